The number of carbonyl (C=O) groups excluding carboxylic acids is 3. The summed E-state index contributed by atoms with van der Waals surface area (Å²) in [7, 11) is 0. The van der Waals surface area contributed by atoms with E-state index in [1.807, 2.05) is 54.6 Å². The highest BCUT2D eigenvalue weighted by Gasteiger charge is 2.76. The van der Waals surface area contributed by atoms with Crippen LogP contribution >= 0.6 is 15.9 Å². The molecule has 0 aliphatic carbocycles. The topological polar surface area (TPSA) is 93.6 Å². The number of aliphatic hydroxyl groups is 1. The lowest BCUT2D eigenvalue weighted by molar-refractivity contribution is -0.145. The molecule has 0 saturated carbocycles. The van der Waals surface area contributed by atoms with E-state index in [9.17, 15) is 19.5 Å². The molecular formula is C35H43BrN4O5. The third-order valence-electron chi connectivity index (χ3n) is 9.39. The molecule has 3 unspecified atom stereocenters. The Labute approximate surface area is 274 Å². The Balaban J connectivity index is 1.51. The van der Waals surface area contributed by atoms with Crippen LogP contribution in [-0.2, 0) is 25.7 Å². The largest absolute Gasteiger partial charge is 0.395 e. The minimum atomic E-state index is -1.23. The van der Waals surface area contributed by atoms with Gasteiger partial charge in [-0.25, -0.2) is 0 Å². The first-order valence-corrected chi connectivity index (χ1v) is 16.6. The highest BCUT2D eigenvalue weighted by Crippen LogP contribution is 2.60. The number of aliphatic hydroxyl groups excluding tert-OH is 1. The fourth-order valence-electron chi connectivity index (χ4n) is 7.47. The van der Waals surface area contributed by atoms with Crippen molar-refractivity contribution in [1.82, 2.24) is 9.80 Å². The van der Waals surface area contributed by atoms with E-state index in [2.05, 4.69) is 47.8 Å². The summed E-state index contributed by atoms with van der Waals surface area (Å²) < 4.78 is 6.69. The van der Waals surface area contributed by atoms with Gasteiger partial charge in [-0.2, -0.15) is 0 Å². The summed E-state index contributed by atoms with van der Waals surface area (Å²) in [5.41, 5.74) is 1.45. The molecule has 2 aromatic carbocycles. The predicted octanol–water partition coefficient (Wildman–Crippen LogP) is 4.01. The third-order valence-corrected chi connectivity index (χ3v) is 10.2. The Morgan fingerprint density at radius 1 is 1.02 bits per heavy atom. The van der Waals surface area contributed by atoms with Crippen LogP contribution in [0.15, 0.2) is 79.9 Å². The molecule has 10 heteroatoms. The molecule has 9 nitrogen and oxygen atoms in total. The van der Waals surface area contributed by atoms with Gasteiger partial charge in [0, 0.05) is 55.5 Å². The molecule has 3 fully saturated rings. The van der Waals surface area contributed by atoms with E-state index in [1.54, 1.807) is 22.0 Å². The van der Waals surface area contributed by atoms with Gasteiger partial charge in [-0.1, -0.05) is 58.4 Å². The number of amides is 3. The van der Waals surface area contributed by atoms with E-state index >= 15 is 0 Å². The standard InChI is InChI=1S/C35H43BrN4O5/c1-5-18-38(23-24-12-10-9-11-13-24)32(42)28-29-33(43)40(20-21-41)31(35(29)22-27(36)30(28)45-35)34(44)39(19-6-2)26-16-14-25(15-17-26)37(7-3)8-4/h5-6,9-17,27-31,41H,1-2,7-8,18-23H2,3-4H3/t27?,28-,29+,30-,31?,35?/m1/s1. The van der Waals surface area contributed by atoms with Crippen LogP contribution in [0.25, 0.3) is 0 Å². The summed E-state index contributed by atoms with van der Waals surface area (Å²) in [4.78, 5) is 50.0. The lowest BCUT2D eigenvalue weighted by Crippen LogP contribution is -2.57. The summed E-state index contributed by atoms with van der Waals surface area (Å²) in [6.07, 6.45) is 3.14. The zero-order valence-corrected chi connectivity index (χ0v) is 27.6. The summed E-state index contributed by atoms with van der Waals surface area (Å²) in [6.45, 7) is 14.2. The number of fused-ring (bicyclic) bond motifs is 1. The zero-order chi connectivity index (χ0) is 32.3. The molecule has 3 aliphatic rings. The summed E-state index contributed by atoms with van der Waals surface area (Å²) in [5, 5.41) is 10.0. The molecule has 3 heterocycles. The van der Waals surface area contributed by atoms with Gasteiger partial charge in [-0.15, -0.1) is 13.2 Å². The minimum Gasteiger partial charge on any atom is -0.395 e. The summed E-state index contributed by atoms with van der Waals surface area (Å²) in [6, 6.07) is 16.4. The molecule has 240 valence electrons. The Morgan fingerprint density at radius 2 is 1.67 bits per heavy atom. The molecule has 2 aromatic rings. The number of benzene rings is 2. The summed E-state index contributed by atoms with van der Waals surface area (Å²) >= 11 is 3.75. The van der Waals surface area contributed by atoms with E-state index < -0.39 is 29.6 Å². The van der Waals surface area contributed by atoms with Gasteiger partial charge in [-0.05, 0) is 50.1 Å². The Kier molecular flexibility index (Phi) is 10.2. The van der Waals surface area contributed by atoms with Crippen molar-refractivity contribution in [2.24, 2.45) is 11.8 Å². The van der Waals surface area contributed by atoms with E-state index in [4.69, 9.17) is 4.74 Å². The maximum absolute atomic E-state index is 14.7. The van der Waals surface area contributed by atoms with Crippen molar-refractivity contribution in [2.75, 3.05) is 49.1 Å². The first kappa shape index (κ1) is 32.9. The van der Waals surface area contributed by atoms with Crippen molar-refractivity contribution in [3.05, 3.63) is 85.5 Å². The van der Waals surface area contributed by atoms with Gasteiger partial charge in [0.25, 0.3) is 5.91 Å². The average Bonchev–Trinajstić information content (AvgIpc) is 3.64. The number of hydrogen-bond acceptors (Lipinski definition) is 6. The maximum Gasteiger partial charge on any atom is 0.253 e. The van der Waals surface area contributed by atoms with E-state index in [-0.39, 0.29) is 42.2 Å². The molecule has 45 heavy (non-hydrogen) atoms. The Hall–Kier alpha value is -3.47. The highest BCUT2D eigenvalue weighted by atomic mass is 79.9. The van der Waals surface area contributed by atoms with E-state index in [1.165, 1.54) is 4.90 Å². The third kappa shape index (κ3) is 5.84. The number of halogens is 1. The van der Waals surface area contributed by atoms with Crippen LogP contribution in [0.1, 0.15) is 25.8 Å². The van der Waals surface area contributed by atoms with Crippen molar-refractivity contribution in [3.8, 4) is 0 Å². The van der Waals surface area contributed by atoms with Crippen LogP contribution in [0.2, 0.25) is 0 Å². The van der Waals surface area contributed by atoms with Crippen LogP contribution in [-0.4, -0.2) is 94.5 Å². The molecule has 0 aromatic heterocycles. The van der Waals surface area contributed by atoms with Gasteiger partial charge in [0.15, 0.2) is 0 Å². The molecule has 3 aliphatic heterocycles. The predicted molar refractivity (Wildman–Crippen MR) is 179 cm³/mol. The van der Waals surface area contributed by atoms with Gasteiger partial charge in [0.1, 0.15) is 11.6 Å². The average molecular weight is 680 g/mol. The van der Waals surface area contributed by atoms with Crippen LogP contribution < -0.4 is 9.80 Å². The molecule has 3 amide bonds. The number of likely N-dealkylation sites (tertiary alicyclic amines) is 1. The Bertz CT molecular complexity index is 1400. The van der Waals surface area contributed by atoms with Crippen molar-refractivity contribution in [3.63, 3.8) is 0 Å². The lowest BCUT2D eigenvalue weighted by Gasteiger charge is -2.37. The minimum absolute atomic E-state index is 0.0431. The molecule has 3 saturated heterocycles. The lowest BCUT2D eigenvalue weighted by atomic mass is 9.70. The van der Waals surface area contributed by atoms with Gasteiger partial charge < -0.3 is 29.4 Å². The van der Waals surface area contributed by atoms with Crippen molar-refractivity contribution in [1.29, 1.82) is 0 Å². The van der Waals surface area contributed by atoms with Crippen LogP contribution in [0.5, 0.6) is 0 Å². The van der Waals surface area contributed by atoms with Gasteiger partial charge in [0.2, 0.25) is 11.8 Å². The molecule has 0 radical (unpaired) electrons. The molecule has 1 N–H and O–H groups in total. The molecule has 1 spiro atoms. The molecule has 6 atom stereocenters. The second-order valence-corrected chi connectivity index (χ2v) is 13.0. The molecule has 2 bridgehead atoms. The number of rotatable bonds is 14. The molecule has 5 rings (SSSR count). The van der Waals surface area contributed by atoms with Crippen LogP contribution in [0.3, 0.4) is 0 Å². The highest BCUT2D eigenvalue weighted by molar-refractivity contribution is 9.09. The van der Waals surface area contributed by atoms with E-state index in [0.717, 1.165) is 24.3 Å². The van der Waals surface area contributed by atoms with Gasteiger partial charge in [0.05, 0.1) is 24.5 Å². The maximum atomic E-state index is 14.7. The number of nitrogens with zero attached hydrogens (tertiary/aromatic N) is 4. The van der Waals surface area contributed by atoms with Gasteiger partial charge in [-0.3, -0.25) is 14.4 Å². The Morgan fingerprint density at radius 3 is 2.27 bits per heavy atom. The fourth-order valence-corrected chi connectivity index (χ4v) is 8.42. The number of β-amino-alcohol motifs (C(OH)–C–C–N with tert-alkyl or cyclic N) is 1. The van der Waals surface area contributed by atoms with Crippen molar-refractivity contribution in [2.45, 2.75) is 49.4 Å². The number of carbonyl (C=O) groups is 3. The fraction of sp³-hybridized carbons (Fsp3) is 0.457. The summed E-state index contributed by atoms with van der Waals surface area (Å²) in [5.74, 6) is -2.52. The first-order valence-electron chi connectivity index (χ1n) is 15.7. The first-order chi connectivity index (χ1) is 21.8. The van der Waals surface area contributed by atoms with Gasteiger partial charge >= 0.3 is 0 Å². The van der Waals surface area contributed by atoms with Crippen molar-refractivity contribution < 1.29 is 24.2 Å². The number of hydrogen-bond donors (Lipinski definition) is 1. The second kappa shape index (κ2) is 13.9. The number of alkyl halides is 1. The zero-order valence-electron chi connectivity index (χ0n) is 26.1. The number of ether oxygens (including phenoxy) is 1. The van der Waals surface area contributed by atoms with Crippen molar-refractivity contribution >= 4 is 45.0 Å². The quantitative estimate of drug-likeness (QED) is 0.240. The second-order valence-electron chi connectivity index (χ2n) is 11.8. The SMILES string of the molecule is C=CCN(Cc1ccccc1)C(=O)[C@H]1[C@@H]2OC3(CC2Br)C(C(=O)N(CC=C)c2ccc(N(CC)CC)cc2)N(CCO)C(=O)[C@H]13. The smallest absolute Gasteiger partial charge is 0.253 e. The number of anilines is 2. The van der Waals surface area contributed by atoms with Crippen LogP contribution in [0, 0.1) is 11.8 Å². The van der Waals surface area contributed by atoms with E-state index in [0.29, 0.717) is 25.2 Å². The van der Waals surface area contributed by atoms with Crippen LogP contribution in [0.4, 0.5) is 11.4 Å². The normalized spacial score (nSPS) is 26.4. The monoisotopic (exact) mass is 678 g/mol. The molecular weight excluding hydrogens is 636 g/mol.